The maximum Gasteiger partial charge on any atom is 0.192 e. The fourth-order valence-corrected chi connectivity index (χ4v) is 10.6. The Morgan fingerprint density at radius 2 is 1.71 bits per heavy atom. The van der Waals surface area contributed by atoms with E-state index in [-0.39, 0.29) is 6.10 Å². The van der Waals surface area contributed by atoms with E-state index in [9.17, 15) is 5.11 Å². The molecule has 0 aromatic heterocycles. The van der Waals surface area contributed by atoms with E-state index < -0.39 is 8.32 Å². The molecule has 4 rings (SSSR count). The molecule has 4 aliphatic carbocycles. The molecule has 0 aromatic rings. The summed E-state index contributed by atoms with van der Waals surface area (Å²) in [5.41, 5.74) is 0.959. The number of aliphatic hydroxyl groups excluding tert-OH is 1. The predicted octanol–water partition coefficient (Wildman–Crippen LogP) is 7.81. The zero-order chi connectivity index (χ0) is 22.8. The Bertz CT molecular complexity index is 652. The first-order valence-corrected chi connectivity index (χ1v) is 16.6. The molecule has 0 radical (unpaired) electrons. The highest BCUT2D eigenvalue weighted by Gasteiger charge is 2.61. The molecule has 2 nitrogen and oxygen atoms in total. The smallest absolute Gasteiger partial charge is 0.192 e. The lowest BCUT2D eigenvalue weighted by atomic mass is 9.44. The van der Waals surface area contributed by atoms with Crippen molar-refractivity contribution in [3.05, 3.63) is 0 Å². The Kier molecular flexibility index (Phi) is 6.36. The zero-order valence-electron chi connectivity index (χ0n) is 22.0. The van der Waals surface area contributed by atoms with E-state index in [1.54, 1.807) is 0 Å². The van der Waals surface area contributed by atoms with Gasteiger partial charge >= 0.3 is 0 Å². The molecule has 4 aliphatic rings. The van der Waals surface area contributed by atoms with E-state index in [0.29, 0.717) is 27.9 Å². The summed E-state index contributed by atoms with van der Waals surface area (Å²) in [6.07, 6.45) is 13.9. The van der Waals surface area contributed by atoms with Gasteiger partial charge in [0.1, 0.15) is 0 Å². The van der Waals surface area contributed by atoms with Crippen LogP contribution in [0, 0.1) is 40.4 Å². The molecule has 9 atom stereocenters. The van der Waals surface area contributed by atoms with Crippen LogP contribution in [0.4, 0.5) is 0 Å². The summed E-state index contributed by atoms with van der Waals surface area (Å²) < 4.78 is 6.93. The van der Waals surface area contributed by atoms with E-state index in [0.717, 1.165) is 23.7 Å². The van der Waals surface area contributed by atoms with E-state index in [1.165, 1.54) is 64.2 Å². The summed E-state index contributed by atoms with van der Waals surface area (Å²) in [4.78, 5) is 0. The van der Waals surface area contributed by atoms with Crippen LogP contribution >= 0.6 is 0 Å². The molecule has 4 saturated carbocycles. The fourth-order valence-electron chi connectivity index (χ4n) is 9.19. The van der Waals surface area contributed by atoms with Gasteiger partial charge in [-0.2, -0.15) is 0 Å². The second kappa shape index (κ2) is 8.12. The Morgan fingerprint density at radius 1 is 1.00 bits per heavy atom. The van der Waals surface area contributed by atoms with E-state index >= 15 is 0 Å². The third kappa shape index (κ3) is 3.81. The van der Waals surface area contributed by atoms with Crippen LogP contribution in [0.5, 0.6) is 0 Å². The first-order valence-electron chi connectivity index (χ1n) is 13.7. The van der Waals surface area contributed by atoms with Crippen molar-refractivity contribution in [2.45, 2.75) is 136 Å². The minimum atomic E-state index is -1.68. The van der Waals surface area contributed by atoms with Gasteiger partial charge in [-0.1, -0.05) is 34.6 Å². The molecule has 0 amide bonds. The van der Waals surface area contributed by atoms with Gasteiger partial charge in [0, 0.05) is 6.10 Å². The summed E-state index contributed by atoms with van der Waals surface area (Å²) in [5, 5.41) is 10.9. The van der Waals surface area contributed by atoms with Crippen LogP contribution in [0.15, 0.2) is 0 Å². The molecular weight excluding hydrogens is 396 g/mol. The lowest BCUT2D eigenvalue weighted by Gasteiger charge is -2.62. The molecule has 0 spiro atoms. The third-order valence-electron chi connectivity index (χ3n) is 11.9. The summed E-state index contributed by atoms with van der Waals surface area (Å²) >= 11 is 0. The number of hydrogen-bond donors (Lipinski definition) is 1. The molecule has 0 saturated heterocycles. The molecule has 31 heavy (non-hydrogen) atoms. The summed E-state index contributed by atoms with van der Waals surface area (Å²) in [5.74, 6) is 4.10. The number of fused-ring (bicyclic) bond motifs is 5. The van der Waals surface area contributed by atoms with Gasteiger partial charge in [0.2, 0.25) is 0 Å². The quantitative estimate of drug-likeness (QED) is 0.444. The SMILES string of the molecule is CC[C@]12CC[C@H]3[C@@H](CC[C@@H]4CC(O[Si](C)(C)C(C)(C)C)CC[C@@]43C)[C@@H]1CC[C@@H]2C(C)O. The molecule has 0 bridgehead atoms. The van der Waals surface area contributed by atoms with E-state index in [4.69, 9.17) is 4.43 Å². The lowest BCUT2D eigenvalue weighted by molar-refractivity contribution is -0.136. The highest BCUT2D eigenvalue weighted by atomic mass is 28.4. The van der Waals surface area contributed by atoms with Crippen LogP contribution in [0.2, 0.25) is 18.1 Å². The molecule has 4 fully saturated rings. The van der Waals surface area contributed by atoms with Crippen LogP contribution in [0.3, 0.4) is 0 Å². The van der Waals surface area contributed by atoms with Crippen molar-refractivity contribution >= 4 is 8.32 Å². The molecule has 3 heteroatoms. The van der Waals surface area contributed by atoms with Crippen molar-refractivity contribution in [2.24, 2.45) is 40.4 Å². The van der Waals surface area contributed by atoms with Crippen LogP contribution < -0.4 is 0 Å². The second-order valence-corrected chi connectivity index (χ2v) is 18.7. The first-order chi connectivity index (χ1) is 14.4. The highest BCUT2D eigenvalue weighted by Crippen LogP contribution is 2.69. The predicted molar refractivity (Wildman–Crippen MR) is 134 cm³/mol. The maximum absolute atomic E-state index is 10.6. The molecular formula is C28H52O2Si. The standard InChI is InChI=1S/C28H52O2Si/c1-9-28-17-15-24-22(25(28)13-12-23(28)19(2)29)11-10-20-18-21(14-16-27(20,24)6)30-31(7,8)26(3,4)5/h19-25,29H,9-18H2,1-8H3/t19?,20-,21?,22-,23-,24+,25+,27+,28-/m1/s1. The van der Waals surface area contributed by atoms with Crippen molar-refractivity contribution in [1.82, 2.24) is 0 Å². The zero-order valence-corrected chi connectivity index (χ0v) is 23.0. The molecule has 0 aromatic carbocycles. The van der Waals surface area contributed by atoms with Gasteiger partial charge in [0.05, 0.1) is 6.10 Å². The van der Waals surface area contributed by atoms with Crippen molar-refractivity contribution < 1.29 is 9.53 Å². The van der Waals surface area contributed by atoms with Gasteiger partial charge in [0.15, 0.2) is 8.32 Å². The van der Waals surface area contributed by atoms with Crippen molar-refractivity contribution in [1.29, 1.82) is 0 Å². The molecule has 2 unspecified atom stereocenters. The summed E-state index contributed by atoms with van der Waals surface area (Å²) in [6.45, 7) is 19.2. The van der Waals surface area contributed by atoms with Gasteiger partial charge in [-0.05, 0) is 130 Å². The fraction of sp³-hybridized carbons (Fsp3) is 1.00. The Labute approximate surface area is 194 Å². The van der Waals surface area contributed by atoms with E-state index in [2.05, 4.69) is 54.6 Å². The number of hydrogen-bond acceptors (Lipinski definition) is 2. The van der Waals surface area contributed by atoms with Crippen LogP contribution in [-0.2, 0) is 4.43 Å². The lowest BCUT2D eigenvalue weighted by Crippen LogP contribution is -2.56. The average molecular weight is 449 g/mol. The number of rotatable bonds is 4. The summed E-state index contributed by atoms with van der Waals surface area (Å²) in [6, 6.07) is 0. The Hall–Kier alpha value is 0.137. The monoisotopic (exact) mass is 448 g/mol. The maximum atomic E-state index is 10.6. The number of aliphatic hydroxyl groups is 1. The highest BCUT2D eigenvalue weighted by molar-refractivity contribution is 6.74. The van der Waals surface area contributed by atoms with Crippen LogP contribution in [0.1, 0.15) is 106 Å². The van der Waals surface area contributed by atoms with Gasteiger partial charge in [-0.25, -0.2) is 0 Å². The minimum Gasteiger partial charge on any atom is -0.414 e. The van der Waals surface area contributed by atoms with Gasteiger partial charge < -0.3 is 9.53 Å². The van der Waals surface area contributed by atoms with Crippen molar-refractivity contribution in [2.75, 3.05) is 0 Å². The Morgan fingerprint density at radius 3 is 2.32 bits per heavy atom. The van der Waals surface area contributed by atoms with Crippen LogP contribution in [-0.4, -0.2) is 25.6 Å². The molecule has 0 aliphatic heterocycles. The molecule has 180 valence electrons. The molecule has 1 N–H and O–H groups in total. The second-order valence-electron chi connectivity index (χ2n) is 14.0. The van der Waals surface area contributed by atoms with E-state index in [1.807, 2.05) is 0 Å². The normalized spacial score (nSPS) is 46.7. The molecule has 0 heterocycles. The van der Waals surface area contributed by atoms with Crippen LogP contribution in [0.25, 0.3) is 0 Å². The third-order valence-corrected chi connectivity index (χ3v) is 16.4. The van der Waals surface area contributed by atoms with Gasteiger partial charge in [-0.3, -0.25) is 0 Å². The van der Waals surface area contributed by atoms with Gasteiger partial charge in [-0.15, -0.1) is 0 Å². The van der Waals surface area contributed by atoms with Crippen molar-refractivity contribution in [3.63, 3.8) is 0 Å². The minimum absolute atomic E-state index is 0.128. The average Bonchev–Trinajstić information content (AvgIpc) is 3.07. The first kappa shape index (κ1) is 24.3. The topological polar surface area (TPSA) is 29.5 Å². The summed E-state index contributed by atoms with van der Waals surface area (Å²) in [7, 11) is -1.68. The largest absolute Gasteiger partial charge is 0.414 e. The van der Waals surface area contributed by atoms with Gasteiger partial charge in [0.25, 0.3) is 0 Å². The Balaban J connectivity index is 1.50. The van der Waals surface area contributed by atoms with Crippen molar-refractivity contribution in [3.8, 4) is 0 Å².